The molecule has 0 radical (unpaired) electrons. The largest absolute Gasteiger partial charge is 0.480 e. The lowest BCUT2D eigenvalue weighted by atomic mass is 9.71. The van der Waals surface area contributed by atoms with Crippen LogP contribution in [-0.2, 0) is 14.3 Å². The van der Waals surface area contributed by atoms with Gasteiger partial charge in [-0.3, -0.25) is 9.59 Å². The second-order valence-electron chi connectivity index (χ2n) is 6.38. The van der Waals surface area contributed by atoms with Crippen LogP contribution in [0.1, 0.15) is 54.9 Å². The Morgan fingerprint density at radius 3 is 1.79 bits per heavy atom. The number of carboxylic acid groups (broad SMARTS) is 1. The summed E-state index contributed by atoms with van der Waals surface area (Å²) in [6, 6.07) is 0. The monoisotopic (exact) mass is 272 g/mol. The molecule has 0 saturated heterocycles. The number of esters is 1. The Morgan fingerprint density at radius 1 is 1.05 bits per heavy atom. The lowest BCUT2D eigenvalue weighted by molar-refractivity contribution is -0.178. The molecule has 4 nitrogen and oxygen atoms in total. The normalized spacial score (nSPS) is 16.5. The third-order valence-electron chi connectivity index (χ3n) is 3.69. The molecule has 0 bridgehead atoms. The van der Waals surface area contributed by atoms with Gasteiger partial charge >= 0.3 is 11.9 Å². The minimum atomic E-state index is -1.45. The first-order chi connectivity index (χ1) is 8.55. The van der Waals surface area contributed by atoms with E-state index in [0.29, 0.717) is 6.42 Å². The van der Waals surface area contributed by atoms with Crippen LogP contribution < -0.4 is 0 Å². The first-order valence-corrected chi connectivity index (χ1v) is 7.00. The summed E-state index contributed by atoms with van der Waals surface area (Å²) in [4.78, 5) is 24.1. The van der Waals surface area contributed by atoms with Gasteiger partial charge in [0.05, 0.1) is 0 Å². The number of carboxylic acids is 1. The summed E-state index contributed by atoms with van der Waals surface area (Å²) in [6.07, 6.45) is 0.0149. The van der Waals surface area contributed by atoms with Crippen LogP contribution in [0.5, 0.6) is 0 Å². The fraction of sp³-hybridized carbons (Fsp3) is 0.867. The van der Waals surface area contributed by atoms with Gasteiger partial charge in [-0.15, -0.1) is 0 Å². The predicted octanol–water partition coefficient (Wildman–Crippen LogP) is 3.35. The fourth-order valence-corrected chi connectivity index (χ4v) is 2.03. The topological polar surface area (TPSA) is 63.6 Å². The predicted molar refractivity (Wildman–Crippen MR) is 74.8 cm³/mol. The summed E-state index contributed by atoms with van der Waals surface area (Å²) in [7, 11) is 0. The van der Waals surface area contributed by atoms with Crippen molar-refractivity contribution in [1.29, 1.82) is 0 Å². The quantitative estimate of drug-likeness (QED) is 0.570. The van der Waals surface area contributed by atoms with E-state index in [2.05, 4.69) is 0 Å². The second kappa shape index (κ2) is 6.92. The SMILES string of the molecule is CC(C)CC(C(=O)O)(C(=O)OC(C)C(C)C)C(C)C. The third-order valence-corrected chi connectivity index (χ3v) is 3.69. The highest BCUT2D eigenvalue weighted by Gasteiger charge is 2.51. The Morgan fingerprint density at radius 2 is 1.53 bits per heavy atom. The van der Waals surface area contributed by atoms with E-state index in [0.717, 1.165) is 0 Å². The molecule has 0 fully saturated rings. The van der Waals surface area contributed by atoms with Crippen molar-refractivity contribution in [2.75, 3.05) is 0 Å². The Balaban J connectivity index is 5.33. The maximum atomic E-state index is 12.4. The van der Waals surface area contributed by atoms with Gasteiger partial charge < -0.3 is 9.84 Å². The number of carbonyl (C=O) groups is 2. The Labute approximate surface area is 116 Å². The molecule has 4 heteroatoms. The van der Waals surface area contributed by atoms with E-state index in [1.165, 1.54) is 0 Å². The molecular formula is C15H28O4. The van der Waals surface area contributed by atoms with Gasteiger partial charge in [0.15, 0.2) is 5.41 Å². The number of hydrogen-bond acceptors (Lipinski definition) is 3. The lowest BCUT2D eigenvalue weighted by Crippen LogP contribution is -2.47. The molecule has 2 atom stereocenters. The fourth-order valence-electron chi connectivity index (χ4n) is 2.03. The Kier molecular flexibility index (Phi) is 6.53. The molecule has 19 heavy (non-hydrogen) atoms. The standard InChI is InChI=1S/C15H28O4/c1-9(2)8-15(11(5)6,13(16)17)14(18)19-12(7)10(3)4/h9-12H,8H2,1-7H3,(H,16,17). The van der Waals surface area contributed by atoms with E-state index in [9.17, 15) is 14.7 Å². The van der Waals surface area contributed by atoms with Crippen molar-refractivity contribution in [3.05, 3.63) is 0 Å². The zero-order valence-electron chi connectivity index (χ0n) is 13.2. The van der Waals surface area contributed by atoms with E-state index >= 15 is 0 Å². The highest BCUT2D eigenvalue weighted by atomic mass is 16.5. The number of hydrogen-bond donors (Lipinski definition) is 1. The van der Waals surface area contributed by atoms with Gasteiger partial charge in [-0.1, -0.05) is 41.5 Å². The molecule has 0 saturated carbocycles. The van der Waals surface area contributed by atoms with Crippen molar-refractivity contribution in [3.8, 4) is 0 Å². The molecule has 1 N–H and O–H groups in total. The van der Waals surface area contributed by atoms with Crippen LogP contribution in [-0.4, -0.2) is 23.1 Å². The lowest BCUT2D eigenvalue weighted by Gasteiger charge is -2.34. The van der Waals surface area contributed by atoms with Crippen molar-refractivity contribution in [2.24, 2.45) is 23.2 Å². The van der Waals surface area contributed by atoms with E-state index < -0.39 is 17.4 Å². The van der Waals surface area contributed by atoms with Crippen LogP contribution in [0, 0.1) is 23.2 Å². The van der Waals surface area contributed by atoms with Crippen molar-refractivity contribution in [1.82, 2.24) is 0 Å². The zero-order valence-corrected chi connectivity index (χ0v) is 13.2. The molecule has 0 aromatic carbocycles. The zero-order chi connectivity index (χ0) is 15.4. The molecule has 0 aromatic heterocycles. The van der Waals surface area contributed by atoms with E-state index in [4.69, 9.17) is 4.74 Å². The smallest absolute Gasteiger partial charge is 0.324 e. The summed E-state index contributed by atoms with van der Waals surface area (Å²) in [5, 5.41) is 9.56. The van der Waals surface area contributed by atoms with Crippen LogP contribution in [0.4, 0.5) is 0 Å². The molecule has 0 aliphatic rings. The highest BCUT2D eigenvalue weighted by molar-refractivity contribution is 5.99. The Bertz CT molecular complexity index is 320. The average molecular weight is 272 g/mol. The van der Waals surface area contributed by atoms with Gasteiger partial charge in [0, 0.05) is 0 Å². The molecule has 2 unspecified atom stereocenters. The molecule has 0 rings (SSSR count). The summed E-state index contributed by atoms with van der Waals surface area (Å²) < 4.78 is 5.38. The number of ether oxygens (including phenoxy) is 1. The van der Waals surface area contributed by atoms with Gasteiger partial charge in [-0.05, 0) is 31.1 Å². The summed E-state index contributed by atoms with van der Waals surface area (Å²) >= 11 is 0. The van der Waals surface area contributed by atoms with Crippen molar-refractivity contribution in [2.45, 2.75) is 61.0 Å². The van der Waals surface area contributed by atoms with Crippen molar-refractivity contribution in [3.63, 3.8) is 0 Å². The van der Waals surface area contributed by atoms with Gasteiger partial charge in [-0.2, -0.15) is 0 Å². The van der Waals surface area contributed by atoms with Gasteiger partial charge in [0.2, 0.25) is 0 Å². The number of carbonyl (C=O) groups excluding carboxylic acids is 1. The first kappa shape index (κ1) is 17.9. The second-order valence-corrected chi connectivity index (χ2v) is 6.38. The molecule has 0 heterocycles. The molecule has 0 amide bonds. The summed E-state index contributed by atoms with van der Waals surface area (Å²) in [5.41, 5.74) is -1.45. The number of rotatable bonds is 7. The van der Waals surface area contributed by atoms with Gasteiger partial charge in [-0.25, -0.2) is 0 Å². The van der Waals surface area contributed by atoms with Crippen molar-refractivity contribution >= 4 is 11.9 Å². The van der Waals surface area contributed by atoms with Gasteiger partial charge in [0.25, 0.3) is 0 Å². The molecule has 0 spiro atoms. The van der Waals surface area contributed by atoms with Crippen LogP contribution in [0.2, 0.25) is 0 Å². The van der Waals surface area contributed by atoms with Gasteiger partial charge in [0.1, 0.15) is 6.10 Å². The minimum Gasteiger partial charge on any atom is -0.480 e. The maximum Gasteiger partial charge on any atom is 0.324 e. The van der Waals surface area contributed by atoms with Crippen LogP contribution in [0.25, 0.3) is 0 Å². The first-order valence-electron chi connectivity index (χ1n) is 7.00. The van der Waals surface area contributed by atoms with Crippen LogP contribution >= 0.6 is 0 Å². The summed E-state index contributed by atoms with van der Waals surface area (Å²) in [6.45, 7) is 13.0. The summed E-state index contributed by atoms with van der Waals surface area (Å²) in [5.74, 6) is -1.72. The molecule has 0 aromatic rings. The Hall–Kier alpha value is -1.06. The molecular weight excluding hydrogens is 244 g/mol. The van der Waals surface area contributed by atoms with Crippen molar-refractivity contribution < 1.29 is 19.4 Å². The number of aliphatic carboxylic acids is 1. The highest BCUT2D eigenvalue weighted by Crippen LogP contribution is 2.37. The van der Waals surface area contributed by atoms with Crippen LogP contribution in [0.15, 0.2) is 0 Å². The maximum absolute atomic E-state index is 12.4. The molecule has 0 aliphatic carbocycles. The van der Waals surface area contributed by atoms with E-state index in [-0.39, 0.29) is 23.9 Å². The van der Waals surface area contributed by atoms with E-state index in [1.54, 1.807) is 20.8 Å². The third kappa shape index (κ3) is 4.22. The van der Waals surface area contributed by atoms with E-state index in [1.807, 2.05) is 27.7 Å². The van der Waals surface area contributed by atoms with Crippen LogP contribution in [0.3, 0.4) is 0 Å². The molecule has 112 valence electrons. The average Bonchev–Trinajstić information content (AvgIpc) is 2.23. The molecule has 0 aliphatic heterocycles. The minimum absolute atomic E-state index is 0.111.